The highest BCUT2D eigenvalue weighted by molar-refractivity contribution is 7.78. The lowest BCUT2D eigenvalue weighted by atomic mass is 10.1. The fourth-order valence-corrected chi connectivity index (χ4v) is 8.34. The highest BCUT2D eigenvalue weighted by Crippen LogP contribution is 2.55. The van der Waals surface area contributed by atoms with Crippen LogP contribution in [-0.2, 0) is 6.18 Å². The molecule has 0 unspecified atom stereocenters. The summed E-state index contributed by atoms with van der Waals surface area (Å²) < 4.78 is 53.4. The van der Waals surface area contributed by atoms with Gasteiger partial charge in [0.1, 0.15) is 5.58 Å². The van der Waals surface area contributed by atoms with Crippen molar-refractivity contribution < 1.29 is 17.6 Å². The van der Waals surface area contributed by atoms with Crippen molar-refractivity contribution in [1.29, 1.82) is 0 Å². The van der Waals surface area contributed by atoms with E-state index >= 15 is 0 Å². The summed E-state index contributed by atoms with van der Waals surface area (Å²) in [5.74, 6) is 0. The maximum Gasteiger partial charge on any atom is 0.417 e. The molecular weight excluding hydrogens is 460 g/mol. The van der Waals surface area contributed by atoms with Crippen molar-refractivity contribution in [3.05, 3.63) is 101 Å². The Morgan fingerprint density at radius 3 is 1.97 bits per heavy atom. The van der Waals surface area contributed by atoms with Crippen LogP contribution in [0.3, 0.4) is 0 Å². The minimum Gasteiger partial charge on any atom is -0.423 e. The molecule has 1 aromatic heterocycles. The molecule has 0 amide bonds. The molecule has 34 heavy (non-hydrogen) atoms. The van der Waals surface area contributed by atoms with E-state index in [4.69, 9.17) is 9.16 Å². The first kappa shape index (κ1) is 22.6. The Hall–Kier alpha value is -3.15. The number of nitrogens with zero attached hydrogens (tertiary/aromatic N) is 2. The van der Waals surface area contributed by atoms with E-state index in [9.17, 15) is 18.0 Å². The summed E-state index contributed by atoms with van der Waals surface area (Å²) in [6.45, 7) is 1.75. The topological polar surface area (TPSA) is 45.8 Å². The van der Waals surface area contributed by atoms with Gasteiger partial charge in [-0.15, -0.1) is 0 Å². The van der Waals surface area contributed by atoms with E-state index in [0.717, 1.165) is 36.5 Å². The Kier molecular flexibility index (Phi) is 5.92. The normalized spacial score (nSPS) is 15.0. The molecule has 1 aliphatic heterocycles. The molecule has 1 saturated heterocycles. The highest BCUT2D eigenvalue weighted by atomic mass is 31.2. The Morgan fingerprint density at radius 1 is 0.824 bits per heavy atom. The van der Waals surface area contributed by atoms with Crippen molar-refractivity contribution in [2.24, 2.45) is 4.74 Å². The fraction of sp³-hybridized carbons (Fsp3) is 0.192. The average Bonchev–Trinajstić information content (AvgIpc) is 3.38. The standard InChI is InChI=1S/C26H22F3N2O2P/c27-26(28,29)23-18-25(32)33-24-17-19(13-14-22(23)24)30-34(31-15-7-8-16-31,20-9-3-1-4-10-20)21-11-5-2-6-12-21/h1-6,9-14,17-18H,7-8,15-16H2. The van der Waals surface area contributed by atoms with Crippen LogP contribution in [-0.4, -0.2) is 17.8 Å². The van der Waals surface area contributed by atoms with Gasteiger partial charge in [-0.1, -0.05) is 60.7 Å². The Balaban J connectivity index is 1.81. The van der Waals surface area contributed by atoms with Gasteiger partial charge in [0.05, 0.1) is 18.5 Å². The summed E-state index contributed by atoms with van der Waals surface area (Å²) >= 11 is 0. The molecule has 0 atom stereocenters. The number of hydrogen-bond acceptors (Lipinski definition) is 3. The number of alkyl halides is 3. The van der Waals surface area contributed by atoms with Crippen LogP contribution in [0.15, 0.2) is 98.9 Å². The van der Waals surface area contributed by atoms with Crippen LogP contribution in [0.25, 0.3) is 11.0 Å². The fourth-order valence-electron chi connectivity index (χ4n) is 4.53. The van der Waals surface area contributed by atoms with Gasteiger partial charge in [0.25, 0.3) is 0 Å². The third kappa shape index (κ3) is 4.10. The lowest BCUT2D eigenvalue weighted by Crippen LogP contribution is -2.30. The number of fused-ring (bicyclic) bond motifs is 1. The summed E-state index contributed by atoms with van der Waals surface area (Å²) in [4.78, 5) is 11.9. The summed E-state index contributed by atoms with van der Waals surface area (Å²) in [7, 11) is -2.49. The van der Waals surface area contributed by atoms with Gasteiger partial charge in [-0.3, -0.25) is 4.67 Å². The van der Waals surface area contributed by atoms with E-state index in [1.54, 1.807) is 6.07 Å². The molecule has 0 spiro atoms. The molecule has 1 fully saturated rings. The molecule has 4 nitrogen and oxygen atoms in total. The smallest absolute Gasteiger partial charge is 0.417 e. The molecule has 0 N–H and O–H groups in total. The Morgan fingerprint density at radius 2 is 1.41 bits per heavy atom. The van der Waals surface area contributed by atoms with Crippen molar-refractivity contribution in [3.8, 4) is 0 Å². The van der Waals surface area contributed by atoms with Crippen LogP contribution in [0.2, 0.25) is 0 Å². The van der Waals surface area contributed by atoms with Crippen LogP contribution in [0.5, 0.6) is 0 Å². The number of halogens is 3. The van der Waals surface area contributed by atoms with Gasteiger partial charge in [-0.2, -0.15) is 13.2 Å². The van der Waals surface area contributed by atoms with Gasteiger partial charge < -0.3 is 4.42 Å². The number of rotatable bonds is 4. The zero-order chi connectivity index (χ0) is 23.8. The van der Waals surface area contributed by atoms with Crippen molar-refractivity contribution in [1.82, 2.24) is 4.67 Å². The van der Waals surface area contributed by atoms with E-state index in [0.29, 0.717) is 11.8 Å². The number of benzene rings is 3. The Labute approximate surface area is 194 Å². The van der Waals surface area contributed by atoms with Crippen molar-refractivity contribution in [2.75, 3.05) is 13.1 Å². The third-order valence-corrected chi connectivity index (χ3v) is 9.79. The first-order chi connectivity index (χ1) is 16.4. The van der Waals surface area contributed by atoms with Gasteiger partial charge in [0.15, 0.2) is 0 Å². The molecule has 0 radical (unpaired) electrons. The molecule has 0 bridgehead atoms. The molecule has 0 aliphatic carbocycles. The van der Waals surface area contributed by atoms with E-state index < -0.39 is 24.6 Å². The molecule has 8 heteroatoms. The summed E-state index contributed by atoms with van der Waals surface area (Å²) in [5.41, 5.74) is -1.69. The van der Waals surface area contributed by atoms with E-state index in [1.807, 2.05) is 36.4 Å². The molecule has 5 rings (SSSR count). The second-order valence-electron chi connectivity index (χ2n) is 8.19. The second kappa shape index (κ2) is 8.90. The minimum absolute atomic E-state index is 0.123. The zero-order valence-corrected chi connectivity index (χ0v) is 19.1. The third-order valence-electron chi connectivity index (χ3n) is 6.02. The van der Waals surface area contributed by atoms with Crippen molar-refractivity contribution >= 4 is 34.5 Å². The van der Waals surface area contributed by atoms with E-state index in [2.05, 4.69) is 28.9 Å². The van der Waals surface area contributed by atoms with Crippen molar-refractivity contribution in [2.45, 2.75) is 19.0 Å². The molecule has 174 valence electrons. The molecule has 1 aliphatic rings. The monoisotopic (exact) mass is 482 g/mol. The van der Waals surface area contributed by atoms with Gasteiger partial charge in [-0.25, -0.2) is 9.54 Å². The summed E-state index contributed by atoms with van der Waals surface area (Å²) in [5, 5.41) is 1.97. The number of hydrogen-bond donors (Lipinski definition) is 0. The predicted molar refractivity (Wildman–Crippen MR) is 129 cm³/mol. The Bertz CT molecular complexity index is 1380. The van der Waals surface area contributed by atoms with Gasteiger partial charge >= 0.3 is 11.8 Å². The maximum atomic E-state index is 13.5. The zero-order valence-electron chi connectivity index (χ0n) is 18.2. The minimum atomic E-state index is -4.66. The van der Waals surface area contributed by atoms with E-state index in [-0.39, 0.29) is 11.0 Å². The first-order valence-corrected chi connectivity index (χ1v) is 12.7. The van der Waals surface area contributed by atoms with E-state index in [1.165, 1.54) is 12.1 Å². The lowest BCUT2D eigenvalue weighted by molar-refractivity contribution is -0.136. The molecule has 2 heterocycles. The SMILES string of the molecule is O=c1cc(C(F)(F)F)c2ccc(N=P(c3ccccc3)(c3ccccc3)N3CCCC3)cc2o1. The van der Waals surface area contributed by atoms with Crippen LogP contribution >= 0.6 is 7.21 Å². The van der Waals surface area contributed by atoms with Crippen LogP contribution in [0, 0.1) is 0 Å². The van der Waals surface area contributed by atoms with Gasteiger partial charge in [-0.05, 0) is 25.0 Å². The van der Waals surface area contributed by atoms with Crippen LogP contribution < -0.4 is 16.2 Å². The average molecular weight is 482 g/mol. The van der Waals surface area contributed by atoms with Gasteiger partial charge in [0, 0.05) is 41.2 Å². The predicted octanol–water partition coefficient (Wildman–Crippen LogP) is 6.31. The van der Waals surface area contributed by atoms with Crippen LogP contribution in [0.4, 0.5) is 18.9 Å². The quantitative estimate of drug-likeness (QED) is 0.253. The first-order valence-electron chi connectivity index (χ1n) is 11.0. The molecule has 3 aromatic carbocycles. The van der Waals surface area contributed by atoms with Crippen LogP contribution in [0.1, 0.15) is 18.4 Å². The molecular formula is C26H22F3N2O2P. The highest BCUT2D eigenvalue weighted by Gasteiger charge is 2.35. The summed E-state index contributed by atoms with van der Waals surface area (Å²) in [6, 6.07) is 24.9. The van der Waals surface area contributed by atoms with Crippen molar-refractivity contribution in [3.63, 3.8) is 0 Å². The summed E-state index contributed by atoms with van der Waals surface area (Å²) in [6.07, 6.45) is -2.55. The largest absolute Gasteiger partial charge is 0.423 e. The molecule has 4 aromatic rings. The lowest BCUT2D eigenvalue weighted by Gasteiger charge is -2.34. The second-order valence-corrected chi connectivity index (χ2v) is 11.2. The van der Waals surface area contributed by atoms with Gasteiger partial charge in [0.2, 0.25) is 0 Å². The maximum absolute atomic E-state index is 13.5. The molecule has 0 saturated carbocycles.